The number of phenolic OH excluding ortho intramolecular Hbond substituents is 2. The van der Waals surface area contributed by atoms with Crippen molar-refractivity contribution in [3.05, 3.63) is 57.6 Å². The third-order valence-electron chi connectivity index (χ3n) is 3.16. The molecule has 0 aromatic heterocycles. The number of phenols is 2. The van der Waals surface area contributed by atoms with E-state index in [4.69, 9.17) is 0 Å². The van der Waals surface area contributed by atoms with Crippen LogP contribution in [0.3, 0.4) is 0 Å². The van der Waals surface area contributed by atoms with Gasteiger partial charge in [-0.25, -0.2) is 0 Å². The fourth-order valence-electron chi connectivity index (χ4n) is 2.01. The van der Waals surface area contributed by atoms with Crippen molar-refractivity contribution in [1.82, 2.24) is 0 Å². The van der Waals surface area contributed by atoms with Gasteiger partial charge in [-0.1, -0.05) is 35.0 Å². The minimum absolute atomic E-state index is 0.0187. The second-order valence-corrected chi connectivity index (χ2v) is 5.49. The Morgan fingerprint density at radius 2 is 1.75 bits per heavy atom. The van der Waals surface area contributed by atoms with Crippen molar-refractivity contribution in [2.75, 3.05) is 0 Å². The fraction of sp³-hybridized carbons (Fsp3) is 0.188. The Morgan fingerprint density at radius 3 is 2.35 bits per heavy atom. The van der Waals surface area contributed by atoms with E-state index in [1.807, 2.05) is 31.2 Å². The summed E-state index contributed by atoms with van der Waals surface area (Å²) < 4.78 is 0.953. The van der Waals surface area contributed by atoms with Crippen LogP contribution in [-0.4, -0.2) is 16.0 Å². The monoisotopic (exact) mass is 334 g/mol. The van der Waals surface area contributed by atoms with E-state index in [1.54, 1.807) is 6.07 Å². The number of aryl methyl sites for hydroxylation is 1. The molecule has 0 saturated carbocycles. The van der Waals surface area contributed by atoms with Gasteiger partial charge >= 0.3 is 0 Å². The highest BCUT2D eigenvalue weighted by molar-refractivity contribution is 9.10. The molecule has 0 fully saturated rings. The number of aromatic hydroxyl groups is 2. The predicted octanol–water partition coefficient (Wildman–Crippen LogP) is 3.85. The van der Waals surface area contributed by atoms with E-state index in [1.165, 1.54) is 6.07 Å². The third kappa shape index (κ3) is 3.20. The summed E-state index contributed by atoms with van der Waals surface area (Å²) in [7, 11) is 0. The van der Waals surface area contributed by atoms with Crippen molar-refractivity contribution in [1.29, 1.82) is 0 Å². The zero-order valence-corrected chi connectivity index (χ0v) is 12.6. The molecular formula is C16H15BrO3. The smallest absolute Gasteiger partial charge is 0.170 e. The van der Waals surface area contributed by atoms with Crippen molar-refractivity contribution >= 4 is 21.7 Å². The van der Waals surface area contributed by atoms with E-state index >= 15 is 0 Å². The van der Waals surface area contributed by atoms with E-state index in [2.05, 4.69) is 15.9 Å². The van der Waals surface area contributed by atoms with Crippen molar-refractivity contribution < 1.29 is 15.0 Å². The van der Waals surface area contributed by atoms with Crippen LogP contribution in [0.15, 0.2) is 40.9 Å². The SMILES string of the molecule is CCc1cc(C(=O)Cc2ccc(Br)cc2)c(O)cc1O. The van der Waals surface area contributed by atoms with Gasteiger partial charge in [0.25, 0.3) is 0 Å². The Morgan fingerprint density at radius 1 is 1.10 bits per heavy atom. The molecule has 20 heavy (non-hydrogen) atoms. The molecule has 0 spiro atoms. The first kappa shape index (κ1) is 14.6. The molecule has 0 bridgehead atoms. The summed E-state index contributed by atoms with van der Waals surface area (Å²) in [6, 6.07) is 10.3. The molecule has 0 aliphatic heterocycles. The zero-order valence-electron chi connectivity index (χ0n) is 11.1. The van der Waals surface area contributed by atoms with Crippen LogP contribution in [0.2, 0.25) is 0 Å². The Hall–Kier alpha value is -1.81. The quantitative estimate of drug-likeness (QED) is 0.835. The highest BCUT2D eigenvalue weighted by Gasteiger charge is 2.15. The van der Waals surface area contributed by atoms with E-state index in [-0.39, 0.29) is 29.3 Å². The lowest BCUT2D eigenvalue weighted by atomic mass is 9.99. The molecule has 0 aliphatic carbocycles. The number of rotatable bonds is 4. The topological polar surface area (TPSA) is 57.5 Å². The molecule has 0 amide bonds. The maximum absolute atomic E-state index is 12.2. The van der Waals surface area contributed by atoms with E-state index < -0.39 is 0 Å². The molecule has 2 N–H and O–H groups in total. The summed E-state index contributed by atoms with van der Waals surface area (Å²) in [4.78, 5) is 12.2. The van der Waals surface area contributed by atoms with E-state index in [0.717, 1.165) is 10.0 Å². The van der Waals surface area contributed by atoms with Gasteiger partial charge in [-0.3, -0.25) is 4.79 Å². The standard InChI is InChI=1S/C16H15BrO3/c1-2-11-8-13(16(20)9-14(11)18)15(19)7-10-3-5-12(17)6-4-10/h3-6,8-9,18,20H,2,7H2,1H3. The second-order valence-electron chi connectivity index (χ2n) is 4.58. The summed E-state index contributed by atoms with van der Waals surface area (Å²) in [6.07, 6.45) is 0.819. The van der Waals surface area contributed by atoms with Crippen LogP contribution >= 0.6 is 15.9 Å². The van der Waals surface area contributed by atoms with Crippen LogP contribution < -0.4 is 0 Å². The maximum atomic E-state index is 12.2. The van der Waals surface area contributed by atoms with Gasteiger partial charge in [0.05, 0.1) is 5.56 Å². The van der Waals surface area contributed by atoms with Crippen LogP contribution in [0.1, 0.15) is 28.4 Å². The molecule has 0 unspecified atom stereocenters. The first-order chi connectivity index (χ1) is 9.51. The zero-order chi connectivity index (χ0) is 14.7. The summed E-state index contributed by atoms with van der Waals surface area (Å²) in [5, 5.41) is 19.5. The average molecular weight is 335 g/mol. The lowest BCUT2D eigenvalue weighted by molar-refractivity contribution is 0.0990. The molecule has 3 nitrogen and oxygen atoms in total. The van der Waals surface area contributed by atoms with Gasteiger partial charge in [0.1, 0.15) is 11.5 Å². The van der Waals surface area contributed by atoms with Gasteiger partial charge in [-0.05, 0) is 35.7 Å². The fourth-order valence-corrected chi connectivity index (χ4v) is 2.28. The maximum Gasteiger partial charge on any atom is 0.170 e. The molecule has 2 aromatic carbocycles. The number of hydrogen-bond acceptors (Lipinski definition) is 3. The Kier molecular flexibility index (Phi) is 4.45. The molecule has 0 saturated heterocycles. The van der Waals surface area contributed by atoms with Gasteiger partial charge in [0.2, 0.25) is 0 Å². The molecule has 0 radical (unpaired) electrons. The molecule has 0 atom stereocenters. The average Bonchev–Trinajstić information content (AvgIpc) is 2.41. The van der Waals surface area contributed by atoms with Gasteiger partial charge in [0.15, 0.2) is 5.78 Å². The predicted molar refractivity (Wildman–Crippen MR) is 81.3 cm³/mol. The summed E-state index contributed by atoms with van der Waals surface area (Å²) in [6.45, 7) is 1.88. The largest absolute Gasteiger partial charge is 0.508 e. The molecule has 2 aromatic rings. The number of hydrogen-bond donors (Lipinski definition) is 2. The first-order valence-electron chi connectivity index (χ1n) is 6.33. The molecule has 0 aliphatic rings. The number of carbonyl (C=O) groups is 1. The van der Waals surface area contributed by atoms with Gasteiger partial charge in [-0.2, -0.15) is 0 Å². The molecule has 4 heteroatoms. The van der Waals surface area contributed by atoms with Crippen LogP contribution in [0.5, 0.6) is 11.5 Å². The molecular weight excluding hydrogens is 320 g/mol. The Balaban J connectivity index is 2.27. The van der Waals surface area contributed by atoms with Crippen LogP contribution in [-0.2, 0) is 12.8 Å². The lowest BCUT2D eigenvalue weighted by Crippen LogP contribution is -2.04. The number of ketones is 1. The molecule has 0 heterocycles. The number of carbonyl (C=O) groups excluding carboxylic acids is 1. The Bertz CT molecular complexity index is 633. The van der Waals surface area contributed by atoms with Gasteiger partial charge in [0, 0.05) is 17.0 Å². The van der Waals surface area contributed by atoms with E-state index in [9.17, 15) is 15.0 Å². The van der Waals surface area contributed by atoms with Crippen LogP contribution in [0, 0.1) is 0 Å². The van der Waals surface area contributed by atoms with Crippen molar-refractivity contribution in [3.8, 4) is 11.5 Å². The van der Waals surface area contributed by atoms with E-state index in [0.29, 0.717) is 12.0 Å². The van der Waals surface area contributed by atoms with Crippen LogP contribution in [0.25, 0.3) is 0 Å². The second kappa shape index (κ2) is 6.09. The lowest BCUT2D eigenvalue weighted by Gasteiger charge is -2.08. The molecule has 104 valence electrons. The molecule has 2 rings (SSSR count). The normalized spacial score (nSPS) is 10.5. The number of benzene rings is 2. The Labute approximate surface area is 126 Å². The van der Waals surface area contributed by atoms with Crippen molar-refractivity contribution in [2.24, 2.45) is 0 Å². The summed E-state index contributed by atoms with van der Waals surface area (Å²) in [5.41, 5.74) is 1.79. The first-order valence-corrected chi connectivity index (χ1v) is 7.13. The highest BCUT2D eigenvalue weighted by atomic mass is 79.9. The van der Waals surface area contributed by atoms with Gasteiger partial charge in [-0.15, -0.1) is 0 Å². The number of Topliss-reactive ketones (excluding diaryl/α,β-unsaturated/α-hetero) is 1. The third-order valence-corrected chi connectivity index (χ3v) is 3.68. The minimum atomic E-state index is -0.179. The van der Waals surface area contributed by atoms with Crippen LogP contribution in [0.4, 0.5) is 0 Å². The van der Waals surface area contributed by atoms with Crippen molar-refractivity contribution in [2.45, 2.75) is 19.8 Å². The minimum Gasteiger partial charge on any atom is -0.508 e. The number of halogens is 1. The summed E-state index contributed by atoms with van der Waals surface area (Å²) in [5.74, 6) is -0.327. The van der Waals surface area contributed by atoms with Gasteiger partial charge < -0.3 is 10.2 Å². The summed E-state index contributed by atoms with van der Waals surface area (Å²) >= 11 is 3.34. The highest BCUT2D eigenvalue weighted by Crippen LogP contribution is 2.28. The van der Waals surface area contributed by atoms with Crippen molar-refractivity contribution in [3.63, 3.8) is 0 Å².